The number of hydrogen-bond donors (Lipinski definition) is 1. The molecule has 0 aromatic carbocycles. The molecule has 1 N–H and O–H groups in total. The molecule has 0 aromatic rings. The monoisotopic (exact) mass is 1590 g/mol. The van der Waals surface area contributed by atoms with E-state index in [2.05, 4.69) is 256 Å². The maximum Gasteiger partial charge on any atom is 0.150 e. The standard InChI is InChI=1S/2C12H23NO.2C12H25NO.C10H21NO.C10H21N.C9H19N.C9H18O2S.C9H18O/c1-11(2,3)12(4-5-12)10-13-6-8-14-9-7-13;1-11(2,3)10-12(4-5-12)13-6-8-14-9-7-13;1-11(2,3)12(4,5)10-13-6-8-14-9-7-13;1-11(2,3)10-12(4,5)13-6-8-14-9-7-13;1-10(2,3)4-5-11-6-8-12-9-7-11;1-10(2,3)7-9-5-6-11(4)8-9;1-9(2,3)6-8-4-5-10-7-8;1-9(2,3)6-8-4-5-12(10,11)7-8;1-9(2,3)6-8-4-5-10-7-8/h2*4-10H2,1-3H3;2*6-10H2,1-5H3;4-9H2,1-3H3;9H,5-8H2,1-4H3;8,10H,4-7H2,1-3H3;8H,4-7H2,1-3H3;8H,4-7H2,1-3H3. The Bertz CT molecular complexity index is 2450. The second kappa shape index (κ2) is 46.4. The van der Waals surface area contributed by atoms with E-state index in [0.717, 1.165) is 175 Å². The number of morpholine rings is 5. The van der Waals surface area contributed by atoms with Crippen molar-refractivity contribution in [2.45, 2.75) is 322 Å². The van der Waals surface area contributed by atoms with E-state index in [4.69, 9.17) is 28.4 Å². The van der Waals surface area contributed by atoms with Gasteiger partial charge in [0.2, 0.25) is 0 Å². The van der Waals surface area contributed by atoms with Crippen molar-refractivity contribution in [3.63, 3.8) is 0 Å². The lowest BCUT2D eigenvalue weighted by Crippen LogP contribution is -2.51. The van der Waals surface area contributed by atoms with Crippen LogP contribution in [-0.4, -0.2) is 258 Å². The summed E-state index contributed by atoms with van der Waals surface area (Å²) in [5.41, 5.74) is 5.83. The van der Waals surface area contributed by atoms with Gasteiger partial charge in [0.1, 0.15) is 0 Å². The molecule has 2 aliphatic carbocycles. The highest BCUT2D eigenvalue weighted by Crippen LogP contribution is 2.59. The molecular weight excluding hydrogens is 1400 g/mol. The van der Waals surface area contributed by atoms with Gasteiger partial charge in [0.15, 0.2) is 9.84 Å². The smallest absolute Gasteiger partial charge is 0.150 e. The lowest BCUT2D eigenvalue weighted by Gasteiger charge is -2.44. The Labute approximate surface area is 691 Å². The van der Waals surface area contributed by atoms with Crippen molar-refractivity contribution in [1.29, 1.82) is 0 Å². The molecule has 11 aliphatic rings. The number of nitrogens with one attached hydrogen (secondary N) is 1. The molecule has 111 heavy (non-hydrogen) atoms. The fourth-order valence-electron chi connectivity index (χ4n) is 18.0. The molecule has 4 unspecified atom stereocenters. The first-order chi connectivity index (χ1) is 50.7. The van der Waals surface area contributed by atoms with Gasteiger partial charge in [-0.25, -0.2) is 8.42 Å². The number of rotatable bonds is 14. The van der Waals surface area contributed by atoms with Gasteiger partial charge in [0.05, 0.1) is 77.6 Å². The fourth-order valence-corrected chi connectivity index (χ4v) is 19.9. The van der Waals surface area contributed by atoms with Crippen LogP contribution in [0.15, 0.2) is 0 Å². The minimum atomic E-state index is -2.67. The first-order valence-corrected chi connectivity index (χ1v) is 47.2. The summed E-state index contributed by atoms with van der Waals surface area (Å²) >= 11 is 0. The Morgan fingerprint density at radius 1 is 0.414 bits per heavy atom. The Balaban J connectivity index is 0.000000324. The molecule has 0 spiro atoms. The van der Waals surface area contributed by atoms with Crippen molar-refractivity contribution in [3.05, 3.63) is 0 Å². The lowest BCUT2D eigenvalue weighted by atomic mass is 9.69. The minimum absolute atomic E-state index is 0.268. The summed E-state index contributed by atoms with van der Waals surface area (Å²) in [6.07, 6.45) is 19.6. The molecule has 16 heteroatoms. The summed E-state index contributed by atoms with van der Waals surface area (Å²) in [7, 11) is -0.443. The molecule has 11 fully saturated rings. The molecule has 9 heterocycles. The third-order valence-corrected chi connectivity index (χ3v) is 26.8. The van der Waals surface area contributed by atoms with Gasteiger partial charge in [-0.2, -0.15) is 0 Å². The van der Waals surface area contributed by atoms with Gasteiger partial charge >= 0.3 is 0 Å². The second-order valence-corrected chi connectivity index (χ2v) is 50.5. The Morgan fingerprint density at radius 3 is 1.22 bits per heavy atom. The summed E-state index contributed by atoms with van der Waals surface area (Å²) in [5.74, 6) is 3.98. The van der Waals surface area contributed by atoms with Crippen molar-refractivity contribution >= 4 is 9.84 Å². The summed E-state index contributed by atoms with van der Waals surface area (Å²) < 4.78 is 54.4. The summed E-state index contributed by atoms with van der Waals surface area (Å²) in [6, 6.07) is 0. The summed E-state index contributed by atoms with van der Waals surface area (Å²) in [5, 5.41) is 3.39. The van der Waals surface area contributed by atoms with E-state index in [1.54, 1.807) is 0 Å². The quantitative estimate of drug-likeness (QED) is 0.177. The van der Waals surface area contributed by atoms with Gasteiger partial charge in [-0.1, -0.05) is 201 Å². The lowest BCUT2D eigenvalue weighted by molar-refractivity contribution is -0.0229. The first-order valence-electron chi connectivity index (χ1n) is 45.4. The maximum atomic E-state index is 11.1. The molecule has 0 bridgehead atoms. The van der Waals surface area contributed by atoms with Gasteiger partial charge < -0.3 is 38.6 Å². The highest BCUT2D eigenvalue weighted by Gasteiger charge is 2.53. The zero-order valence-corrected chi connectivity index (χ0v) is 81.0. The van der Waals surface area contributed by atoms with Crippen molar-refractivity contribution < 1.29 is 36.8 Å². The van der Waals surface area contributed by atoms with Crippen molar-refractivity contribution in [3.8, 4) is 0 Å². The number of ether oxygens (including phenoxy) is 6. The predicted molar refractivity (Wildman–Crippen MR) is 478 cm³/mol. The van der Waals surface area contributed by atoms with Gasteiger partial charge in [-0.15, -0.1) is 0 Å². The molecule has 0 aromatic heterocycles. The summed E-state index contributed by atoms with van der Waals surface area (Å²) in [6.45, 7) is 103. The normalized spacial score (nSPS) is 25.4. The number of sulfone groups is 1. The van der Waals surface area contributed by atoms with Crippen LogP contribution in [-0.2, 0) is 38.3 Å². The Kier molecular flexibility index (Phi) is 43.8. The Hall–Kier alpha value is -0.570. The number of nitrogens with zero attached hydrogens (tertiary/aromatic N) is 6. The molecule has 9 saturated heterocycles. The van der Waals surface area contributed by atoms with Crippen LogP contribution >= 0.6 is 0 Å². The van der Waals surface area contributed by atoms with E-state index in [9.17, 15) is 8.42 Å². The van der Waals surface area contributed by atoms with E-state index in [1.165, 1.54) is 129 Å². The van der Waals surface area contributed by atoms with E-state index in [1.807, 2.05) is 0 Å². The van der Waals surface area contributed by atoms with E-state index < -0.39 is 9.84 Å². The van der Waals surface area contributed by atoms with Crippen LogP contribution < -0.4 is 5.32 Å². The topological polar surface area (TPSA) is 121 Å². The fraction of sp³-hybridized carbons (Fsp3) is 1.00. The van der Waals surface area contributed by atoms with Crippen molar-refractivity contribution in [2.24, 2.45) is 83.2 Å². The van der Waals surface area contributed by atoms with E-state index >= 15 is 0 Å². The third kappa shape index (κ3) is 48.5. The van der Waals surface area contributed by atoms with Crippen molar-refractivity contribution in [2.75, 3.05) is 209 Å². The van der Waals surface area contributed by atoms with Gasteiger partial charge in [0, 0.05) is 109 Å². The molecule has 2 saturated carbocycles. The molecule has 4 atom stereocenters. The first kappa shape index (κ1) is 105. The zero-order chi connectivity index (χ0) is 84.3. The van der Waals surface area contributed by atoms with E-state index in [0.29, 0.717) is 82.7 Å². The highest BCUT2D eigenvalue weighted by molar-refractivity contribution is 7.91. The number of hydrogen-bond acceptors (Lipinski definition) is 15. The maximum absolute atomic E-state index is 11.1. The van der Waals surface area contributed by atoms with Crippen LogP contribution in [0.3, 0.4) is 0 Å². The largest absolute Gasteiger partial charge is 0.381 e. The van der Waals surface area contributed by atoms with Gasteiger partial charge in [-0.3, -0.25) is 24.5 Å². The molecule has 0 amide bonds. The van der Waals surface area contributed by atoms with E-state index in [-0.39, 0.29) is 5.41 Å². The van der Waals surface area contributed by atoms with Crippen LogP contribution in [0.4, 0.5) is 0 Å². The van der Waals surface area contributed by atoms with Gasteiger partial charge in [0.25, 0.3) is 0 Å². The average Bonchev–Trinajstić information content (AvgIpc) is 1.61. The molecule has 9 aliphatic heterocycles. The average molecular weight is 1590 g/mol. The molecular formula is C95H193N7O8S. The zero-order valence-electron chi connectivity index (χ0n) is 80.2. The minimum Gasteiger partial charge on any atom is -0.381 e. The molecule has 662 valence electrons. The van der Waals surface area contributed by atoms with Crippen LogP contribution in [0.25, 0.3) is 0 Å². The predicted octanol–water partition coefficient (Wildman–Crippen LogP) is 19.8. The molecule has 0 radical (unpaired) electrons. The van der Waals surface area contributed by atoms with Crippen LogP contribution in [0, 0.1) is 83.2 Å². The highest BCUT2D eigenvalue weighted by atomic mass is 32.2. The summed E-state index contributed by atoms with van der Waals surface area (Å²) in [4.78, 5) is 15.3. The second-order valence-electron chi connectivity index (χ2n) is 48.3. The van der Waals surface area contributed by atoms with Crippen LogP contribution in [0.1, 0.15) is 311 Å². The molecule has 15 nitrogen and oxygen atoms in total. The van der Waals surface area contributed by atoms with Crippen LogP contribution in [0.5, 0.6) is 0 Å². The third-order valence-electron chi connectivity index (χ3n) is 24.9. The van der Waals surface area contributed by atoms with Crippen LogP contribution in [0.2, 0.25) is 0 Å². The SMILES string of the molecule is CC(C)(C)C(C)(C)CN1CCOCC1.CC(C)(C)C1(CN2CCOCC2)CC1.CC(C)(C)CC(C)(C)N1CCOCC1.CC(C)(C)CC1(N2CCOCC2)CC1.CC(C)(C)CC1CCNC1.CC(C)(C)CC1CCOC1.CC(C)(C)CC1CCS(=O)(=O)C1.CC(C)(C)CCN1CCOCC1.CN1CCC(CC(C)(C)C)C1. The molecule has 11 rings (SSSR count). The van der Waals surface area contributed by atoms with Crippen molar-refractivity contribution in [1.82, 2.24) is 34.7 Å². The number of likely N-dealkylation sites (tertiary alicyclic amines) is 1. The van der Waals surface area contributed by atoms with Gasteiger partial charge in [-0.05, 0) is 227 Å². The Morgan fingerprint density at radius 2 is 0.856 bits per heavy atom.